The van der Waals surface area contributed by atoms with Crippen molar-refractivity contribution >= 4 is 0 Å². The Morgan fingerprint density at radius 3 is 1.94 bits per heavy atom. The molecule has 1 saturated heterocycles. The first-order valence-corrected chi connectivity index (χ1v) is 7.89. The molecule has 0 atom stereocenters. The van der Waals surface area contributed by atoms with Gasteiger partial charge in [-0.05, 0) is 19.9 Å². The predicted molar refractivity (Wildman–Crippen MR) is 82.2 cm³/mol. The van der Waals surface area contributed by atoms with Crippen LogP contribution in [0.25, 0.3) is 0 Å². The lowest BCUT2D eigenvalue weighted by Crippen LogP contribution is -2.43. The van der Waals surface area contributed by atoms with E-state index in [1.54, 1.807) is 6.92 Å². The Kier molecular flexibility index (Phi) is 21.6. The van der Waals surface area contributed by atoms with E-state index < -0.39 is 0 Å². The van der Waals surface area contributed by atoms with E-state index in [9.17, 15) is 0 Å². The summed E-state index contributed by atoms with van der Waals surface area (Å²) in [6.45, 7) is 14.4. The van der Waals surface area contributed by atoms with Gasteiger partial charge in [-0.3, -0.25) is 0 Å². The summed E-state index contributed by atoms with van der Waals surface area (Å²) in [6.07, 6.45) is 7.04. The molecule has 0 aromatic heterocycles. The highest BCUT2D eigenvalue weighted by Crippen LogP contribution is 2.04. The average Bonchev–Trinajstić information content (AvgIpc) is 2.43. The first-order valence-electron chi connectivity index (χ1n) is 7.89. The summed E-state index contributed by atoms with van der Waals surface area (Å²) in [7, 11) is 0. The summed E-state index contributed by atoms with van der Waals surface area (Å²) in [5, 5.41) is 11.0. The molecule has 112 valence electrons. The molecule has 0 unspecified atom stereocenters. The largest absolute Gasteiger partial charge is 0.397 e. The van der Waals surface area contributed by atoms with Crippen LogP contribution in [0.5, 0.6) is 0 Å². The molecule has 18 heavy (non-hydrogen) atoms. The molecule has 0 aliphatic carbocycles. The molecule has 0 saturated carbocycles. The van der Waals surface area contributed by atoms with Gasteiger partial charge in [0.2, 0.25) is 0 Å². The number of aliphatic hydroxyl groups is 1. The molecule has 2 N–H and O–H groups in total. The zero-order chi connectivity index (χ0) is 14.1. The third-order valence-electron chi connectivity index (χ3n) is 2.79. The standard InChI is InChI=1S/C11H24N2.C2H6O.C2H6/c1-2-3-4-5-6-9-13-10-7-12-8-11-13;1-2-3;1-2/h12H,2-11H2,1H3;3H,2H2,1H3;1-2H3. The molecule has 3 nitrogen and oxygen atoms in total. The van der Waals surface area contributed by atoms with E-state index in [1.165, 1.54) is 64.8 Å². The number of hydrogen-bond donors (Lipinski definition) is 2. The molecule has 0 radical (unpaired) electrons. The van der Waals surface area contributed by atoms with Gasteiger partial charge in [-0.1, -0.05) is 46.5 Å². The van der Waals surface area contributed by atoms with Gasteiger partial charge in [0.05, 0.1) is 0 Å². The summed E-state index contributed by atoms with van der Waals surface area (Å²) in [6, 6.07) is 0. The fourth-order valence-electron chi connectivity index (χ4n) is 1.87. The van der Waals surface area contributed by atoms with E-state index >= 15 is 0 Å². The summed E-state index contributed by atoms with van der Waals surface area (Å²) in [5.41, 5.74) is 0. The Labute approximate surface area is 115 Å². The average molecular weight is 260 g/mol. The monoisotopic (exact) mass is 260 g/mol. The minimum absolute atomic E-state index is 0.250. The van der Waals surface area contributed by atoms with Gasteiger partial charge in [-0.2, -0.15) is 0 Å². The lowest BCUT2D eigenvalue weighted by atomic mass is 10.1. The highest BCUT2D eigenvalue weighted by atomic mass is 16.2. The molecule has 0 spiro atoms. The molecule has 1 aliphatic rings. The highest BCUT2D eigenvalue weighted by Gasteiger charge is 2.07. The Bertz CT molecular complexity index is 126. The van der Waals surface area contributed by atoms with Gasteiger partial charge in [0, 0.05) is 32.8 Å². The van der Waals surface area contributed by atoms with Crippen molar-refractivity contribution in [2.45, 2.75) is 59.8 Å². The summed E-state index contributed by atoms with van der Waals surface area (Å²) < 4.78 is 0. The van der Waals surface area contributed by atoms with Crippen LogP contribution in [0, 0.1) is 0 Å². The van der Waals surface area contributed by atoms with Gasteiger partial charge in [0.1, 0.15) is 0 Å². The van der Waals surface area contributed by atoms with Crippen molar-refractivity contribution in [2.24, 2.45) is 0 Å². The molecule has 0 aromatic carbocycles. The van der Waals surface area contributed by atoms with Crippen molar-refractivity contribution in [1.82, 2.24) is 10.2 Å². The van der Waals surface area contributed by atoms with Crippen molar-refractivity contribution in [1.29, 1.82) is 0 Å². The van der Waals surface area contributed by atoms with Crippen molar-refractivity contribution in [3.63, 3.8) is 0 Å². The molecule has 3 heteroatoms. The number of nitrogens with one attached hydrogen (secondary N) is 1. The quantitative estimate of drug-likeness (QED) is 0.721. The summed E-state index contributed by atoms with van der Waals surface area (Å²) >= 11 is 0. The highest BCUT2D eigenvalue weighted by molar-refractivity contribution is 4.66. The molecule has 0 aromatic rings. The smallest absolute Gasteiger partial charge is 0.0402 e. The number of aliphatic hydroxyl groups excluding tert-OH is 1. The van der Waals surface area contributed by atoms with E-state index in [0.29, 0.717) is 0 Å². The Morgan fingerprint density at radius 2 is 1.44 bits per heavy atom. The second-order valence-electron chi connectivity index (χ2n) is 4.32. The molecule has 0 amide bonds. The maximum Gasteiger partial charge on any atom is 0.0402 e. The Balaban J connectivity index is 0. The molecular formula is C15H36N2O. The maximum atomic E-state index is 7.57. The molecule has 1 heterocycles. The van der Waals surface area contributed by atoms with Gasteiger partial charge >= 0.3 is 0 Å². The Hall–Kier alpha value is -0.120. The van der Waals surface area contributed by atoms with Crippen LogP contribution >= 0.6 is 0 Å². The predicted octanol–water partition coefficient (Wildman–Crippen LogP) is 2.89. The fourth-order valence-corrected chi connectivity index (χ4v) is 1.87. The second kappa shape index (κ2) is 19.2. The van der Waals surface area contributed by atoms with E-state index in [0.717, 1.165) is 0 Å². The van der Waals surface area contributed by atoms with Crippen LogP contribution in [-0.4, -0.2) is 49.3 Å². The molecular weight excluding hydrogens is 224 g/mol. The van der Waals surface area contributed by atoms with Crippen LogP contribution < -0.4 is 5.32 Å². The van der Waals surface area contributed by atoms with Gasteiger partial charge < -0.3 is 15.3 Å². The summed E-state index contributed by atoms with van der Waals surface area (Å²) in [4.78, 5) is 2.59. The maximum absolute atomic E-state index is 7.57. The van der Waals surface area contributed by atoms with E-state index in [-0.39, 0.29) is 6.61 Å². The molecule has 0 bridgehead atoms. The molecule has 1 aliphatic heterocycles. The number of hydrogen-bond acceptors (Lipinski definition) is 3. The van der Waals surface area contributed by atoms with E-state index in [2.05, 4.69) is 17.1 Å². The lowest BCUT2D eigenvalue weighted by Gasteiger charge is -2.26. The minimum Gasteiger partial charge on any atom is -0.397 e. The van der Waals surface area contributed by atoms with Crippen molar-refractivity contribution in [3.05, 3.63) is 0 Å². The van der Waals surface area contributed by atoms with Crippen LogP contribution in [0.15, 0.2) is 0 Å². The third kappa shape index (κ3) is 15.9. The fraction of sp³-hybridized carbons (Fsp3) is 1.00. The van der Waals surface area contributed by atoms with Crippen LogP contribution in [0.2, 0.25) is 0 Å². The van der Waals surface area contributed by atoms with Crippen molar-refractivity contribution in [2.75, 3.05) is 39.3 Å². The van der Waals surface area contributed by atoms with Gasteiger partial charge in [-0.15, -0.1) is 0 Å². The first-order chi connectivity index (χ1) is 8.85. The van der Waals surface area contributed by atoms with Crippen molar-refractivity contribution < 1.29 is 5.11 Å². The van der Waals surface area contributed by atoms with Crippen LogP contribution in [-0.2, 0) is 0 Å². The van der Waals surface area contributed by atoms with E-state index in [1.807, 2.05) is 13.8 Å². The number of nitrogens with zero attached hydrogens (tertiary/aromatic N) is 1. The third-order valence-corrected chi connectivity index (χ3v) is 2.79. The molecule has 1 rings (SSSR count). The van der Waals surface area contributed by atoms with Gasteiger partial charge in [0.15, 0.2) is 0 Å². The van der Waals surface area contributed by atoms with Crippen molar-refractivity contribution in [3.8, 4) is 0 Å². The van der Waals surface area contributed by atoms with Crippen LogP contribution in [0.3, 0.4) is 0 Å². The SMILES string of the molecule is CC.CCCCCCCN1CCNCC1.CCO. The minimum atomic E-state index is 0.250. The summed E-state index contributed by atoms with van der Waals surface area (Å²) in [5.74, 6) is 0. The zero-order valence-electron chi connectivity index (χ0n) is 13.2. The molecule has 1 fully saturated rings. The number of unbranched alkanes of at least 4 members (excludes halogenated alkanes) is 4. The number of rotatable bonds is 6. The van der Waals surface area contributed by atoms with Gasteiger partial charge in [-0.25, -0.2) is 0 Å². The first kappa shape index (κ1) is 20.2. The normalized spacial score (nSPS) is 15.2. The van der Waals surface area contributed by atoms with Crippen LogP contribution in [0.1, 0.15) is 59.8 Å². The lowest BCUT2D eigenvalue weighted by molar-refractivity contribution is 0.236. The Morgan fingerprint density at radius 1 is 0.944 bits per heavy atom. The van der Waals surface area contributed by atoms with E-state index in [4.69, 9.17) is 5.11 Å². The number of piperazine rings is 1. The van der Waals surface area contributed by atoms with Crippen LogP contribution in [0.4, 0.5) is 0 Å². The zero-order valence-corrected chi connectivity index (χ0v) is 13.2. The van der Waals surface area contributed by atoms with Gasteiger partial charge in [0.25, 0.3) is 0 Å². The second-order valence-corrected chi connectivity index (χ2v) is 4.32. The topological polar surface area (TPSA) is 35.5 Å².